The van der Waals surface area contributed by atoms with E-state index in [4.69, 9.17) is 30.5 Å². The predicted molar refractivity (Wildman–Crippen MR) is 126 cm³/mol. The molecule has 0 aliphatic carbocycles. The van der Waals surface area contributed by atoms with Crippen LogP contribution in [0.4, 0.5) is 4.79 Å². The number of amides is 2. The van der Waals surface area contributed by atoms with Crippen LogP contribution in [-0.2, 0) is 11.3 Å². The predicted octanol–water partition coefficient (Wildman–Crippen LogP) is 5.32. The van der Waals surface area contributed by atoms with Crippen molar-refractivity contribution in [3.63, 3.8) is 0 Å². The third-order valence-corrected chi connectivity index (χ3v) is 6.64. The molecule has 0 bridgehead atoms. The lowest BCUT2D eigenvalue weighted by molar-refractivity contribution is -0.123. The highest BCUT2D eigenvalue weighted by Gasteiger charge is 2.36. The fraction of sp³-hybridized carbons (Fsp3) is 0.238. The average Bonchev–Trinajstić information content (AvgIpc) is 3.29. The molecule has 2 heterocycles. The first-order valence-electron chi connectivity index (χ1n) is 9.25. The van der Waals surface area contributed by atoms with Gasteiger partial charge in [-0.2, -0.15) is 0 Å². The summed E-state index contributed by atoms with van der Waals surface area (Å²) in [6, 6.07) is 6.96. The van der Waals surface area contributed by atoms with Crippen molar-refractivity contribution in [1.29, 1.82) is 0 Å². The Hall–Kier alpha value is -2.11. The van der Waals surface area contributed by atoms with Gasteiger partial charge in [-0.25, -0.2) is 0 Å². The fourth-order valence-electron chi connectivity index (χ4n) is 3.15. The number of imide groups is 1. The average molecular weight is 574 g/mol. The van der Waals surface area contributed by atoms with Crippen LogP contribution in [0.3, 0.4) is 0 Å². The van der Waals surface area contributed by atoms with Gasteiger partial charge < -0.3 is 18.9 Å². The summed E-state index contributed by atoms with van der Waals surface area (Å²) in [6.07, 6.45) is 1.67. The lowest BCUT2D eigenvalue weighted by Crippen LogP contribution is -2.27. The number of hydrogen-bond donors (Lipinski definition) is 0. The van der Waals surface area contributed by atoms with Gasteiger partial charge in [0.05, 0.1) is 28.7 Å². The van der Waals surface area contributed by atoms with Crippen LogP contribution in [0.1, 0.15) is 18.1 Å². The van der Waals surface area contributed by atoms with Crippen molar-refractivity contribution in [2.75, 3.05) is 20.5 Å². The standard InChI is InChI=1S/C21H17ClINO6S/c1-3-28-19-14(23)4-11(5-17(19)27-2)6-18-20(25)24(21(26)31-18)9-12-7-15-16(8-13(12)22)30-10-29-15/h4-8H,3,9-10H2,1-2H3/b18-6-. The van der Waals surface area contributed by atoms with E-state index in [9.17, 15) is 9.59 Å². The van der Waals surface area contributed by atoms with Gasteiger partial charge in [-0.05, 0) is 76.7 Å². The molecular weight excluding hydrogens is 557 g/mol. The van der Waals surface area contributed by atoms with E-state index in [0.717, 1.165) is 25.8 Å². The van der Waals surface area contributed by atoms with Crippen LogP contribution in [0.15, 0.2) is 29.2 Å². The number of nitrogens with zero attached hydrogens (tertiary/aromatic N) is 1. The van der Waals surface area contributed by atoms with Gasteiger partial charge in [0.15, 0.2) is 23.0 Å². The monoisotopic (exact) mass is 573 g/mol. The second kappa shape index (κ2) is 9.17. The normalized spacial score (nSPS) is 16.4. The summed E-state index contributed by atoms with van der Waals surface area (Å²) in [5.74, 6) is 1.91. The molecule has 31 heavy (non-hydrogen) atoms. The van der Waals surface area contributed by atoms with Gasteiger partial charge in [0, 0.05) is 11.1 Å². The minimum Gasteiger partial charge on any atom is -0.493 e. The van der Waals surface area contributed by atoms with Crippen LogP contribution in [0.2, 0.25) is 5.02 Å². The van der Waals surface area contributed by atoms with Gasteiger partial charge in [-0.15, -0.1) is 0 Å². The summed E-state index contributed by atoms with van der Waals surface area (Å²) in [4.78, 5) is 27.0. The first-order valence-corrected chi connectivity index (χ1v) is 11.5. The smallest absolute Gasteiger partial charge is 0.293 e. The lowest BCUT2D eigenvalue weighted by Gasteiger charge is -2.14. The molecule has 2 aliphatic heterocycles. The van der Waals surface area contributed by atoms with Crippen LogP contribution in [-0.4, -0.2) is 36.6 Å². The summed E-state index contributed by atoms with van der Waals surface area (Å²) in [5, 5.41) is 0.0377. The Morgan fingerprint density at radius 3 is 2.68 bits per heavy atom. The summed E-state index contributed by atoms with van der Waals surface area (Å²) in [5.41, 5.74) is 1.34. The molecule has 0 unspecified atom stereocenters. The number of carbonyl (C=O) groups is 2. The Balaban J connectivity index is 1.59. The Morgan fingerprint density at radius 1 is 1.23 bits per heavy atom. The number of halogens is 2. The Kier molecular flexibility index (Phi) is 6.54. The van der Waals surface area contributed by atoms with Crippen molar-refractivity contribution >= 4 is 63.2 Å². The Morgan fingerprint density at radius 2 is 1.97 bits per heavy atom. The summed E-state index contributed by atoms with van der Waals surface area (Å²) >= 11 is 9.34. The number of hydrogen-bond acceptors (Lipinski definition) is 7. The zero-order valence-corrected chi connectivity index (χ0v) is 20.3. The Bertz CT molecular complexity index is 1110. The number of carbonyl (C=O) groups excluding carboxylic acids is 2. The second-order valence-corrected chi connectivity index (χ2v) is 9.09. The summed E-state index contributed by atoms with van der Waals surface area (Å²) in [7, 11) is 1.56. The van der Waals surface area contributed by atoms with Crippen molar-refractivity contribution in [1.82, 2.24) is 4.90 Å². The lowest BCUT2D eigenvalue weighted by atomic mass is 10.1. The highest BCUT2D eigenvalue weighted by atomic mass is 127. The maximum atomic E-state index is 12.9. The molecule has 0 radical (unpaired) electrons. The van der Waals surface area contributed by atoms with E-state index in [-0.39, 0.29) is 24.5 Å². The number of thioether (sulfide) groups is 1. The molecule has 1 saturated heterocycles. The van der Waals surface area contributed by atoms with Crippen molar-refractivity contribution in [3.05, 3.63) is 48.9 Å². The van der Waals surface area contributed by atoms with Gasteiger partial charge in [-0.1, -0.05) is 11.6 Å². The van der Waals surface area contributed by atoms with Crippen LogP contribution >= 0.6 is 46.0 Å². The number of ether oxygens (including phenoxy) is 4. The van der Waals surface area contributed by atoms with E-state index in [0.29, 0.717) is 45.1 Å². The fourth-order valence-corrected chi connectivity index (χ4v) is 4.98. The van der Waals surface area contributed by atoms with Crippen molar-refractivity contribution in [3.8, 4) is 23.0 Å². The minimum absolute atomic E-state index is 0.0433. The van der Waals surface area contributed by atoms with E-state index < -0.39 is 0 Å². The van der Waals surface area contributed by atoms with E-state index in [1.807, 2.05) is 13.0 Å². The zero-order chi connectivity index (χ0) is 22.1. The number of benzene rings is 2. The van der Waals surface area contributed by atoms with E-state index in [1.54, 1.807) is 31.4 Å². The van der Waals surface area contributed by atoms with Crippen molar-refractivity contribution < 1.29 is 28.5 Å². The van der Waals surface area contributed by atoms with Gasteiger partial charge in [0.25, 0.3) is 11.1 Å². The number of rotatable bonds is 6. The topological polar surface area (TPSA) is 74.3 Å². The SMILES string of the molecule is CCOc1c(I)cc(/C=C2\SC(=O)N(Cc3cc4c(cc3Cl)OCO4)C2=O)cc1OC. The minimum atomic E-state index is -0.383. The molecule has 1 fully saturated rings. The van der Waals surface area contributed by atoms with Crippen LogP contribution in [0.25, 0.3) is 6.08 Å². The molecule has 2 aromatic rings. The Labute approximate surface area is 201 Å². The number of fused-ring (bicyclic) bond motifs is 1. The maximum absolute atomic E-state index is 12.9. The van der Waals surface area contributed by atoms with Crippen molar-refractivity contribution in [2.45, 2.75) is 13.5 Å². The molecule has 0 saturated carbocycles. The summed E-state index contributed by atoms with van der Waals surface area (Å²) in [6.45, 7) is 2.56. The highest BCUT2D eigenvalue weighted by Crippen LogP contribution is 2.40. The first kappa shape index (κ1) is 22.1. The van der Waals surface area contributed by atoms with Gasteiger partial charge >= 0.3 is 0 Å². The molecular formula is C21H17ClINO6S. The molecule has 2 aliphatic rings. The van der Waals surface area contributed by atoms with Gasteiger partial charge in [0.1, 0.15) is 0 Å². The van der Waals surface area contributed by atoms with Gasteiger partial charge in [0.2, 0.25) is 6.79 Å². The van der Waals surface area contributed by atoms with E-state index in [2.05, 4.69) is 22.6 Å². The molecule has 4 rings (SSSR count). The summed E-state index contributed by atoms with van der Waals surface area (Å²) < 4.78 is 22.5. The van der Waals surface area contributed by atoms with Crippen LogP contribution < -0.4 is 18.9 Å². The molecule has 2 amide bonds. The highest BCUT2D eigenvalue weighted by molar-refractivity contribution is 14.1. The quantitative estimate of drug-likeness (QED) is 0.342. The second-order valence-electron chi connectivity index (χ2n) is 6.53. The van der Waals surface area contributed by atoms with E-state index >= 15 is 0 Å². The molecule has 0 spiro atoms. The molecule has 2 aromatic carbocycles. The van der Waals surface area contributed by atoms with Crippen LogP contribution in [0.5, 0.6) is 23.0 Å². The van der Waals surface area contributed by atoms with Crippen molar-refractivity contribution in [2.24, 2.45) is 0 Å². The molecule has 0 N–H and O–H groups in total. The van der Waals surface area contributed by atoms with E-state index in [1.165, 1.54) is 0 Å². The molecule has 10 heteroatoms. The third kappa shape index (κ3) is 4.44. The van der Waals surface area contributed by atoms with Crippen LogP contribution in [0, 0.1) is 3.57 Å². The molecule has 0 atom stereocenters. The molecule has 162 valence electrons. The molecule has 7 nitrogen and oxygen atoms in total. The van der Waals surface area contributed by atoms with Gasteiger partial charge in [-0.3, -0.25) is 14.5 Å². The maximum Gasteiger partial charge on any atom is 0.293 e. The molecule has 0 aromatic heterocycles. The third-order valence-electron chi connectivity index (χ3n) is 4.58. The largest absolute Gasteiger partial charge is 0.493 e. The zero-order valence-electron chi connectivity index (χ0n) is 16.6. The first-order chi connectivity index (χ1) is 14.9. The number of methoxy groups -OCH3 is 1.